The number of aromatic nitrogens is 2. The van der Waals surface area contributed by atoms with E-state index in [1.54, 1.807) is 28.8 Å². The van der Waals surface area contributed by atoms with Crippen LogP contribution in [0.15, 0.2) is 75.1 Å². The molecule has 3 rings (SSSR count). The number of thioether (sulfide) groups is 1. The molecule has 0 aliphatic carbocycles. The maximum Gasteiger partial charge on any atom is 0.262 e. The zero-order valence-corrected chi connectivity index (χ0v) is 16.6. The van der Waals surface area contributed by atoms with Crippen LogP contribution in [0.2, 0.25) is 0 Å². The summed E-state index contributed by atoms with van der Waals surface area (Å²) in [6.07, 6.45) is 0. The van der Waals surface area contributed by atoms with E-state index in [4.69, 9.17) is 0 Å². The molecule has 0 bridgehead atoms. The highest BCUT2D eigenvalue weighted by Gasteiger charge is 2.14. The van der Waals surface area contributed by atoms with E-state index < -0.39 is 0 Å². The molecule has 0 spiro atoms. The van der Waals surface area contributed by atoms with E-state index in [-0.39, 0.29) is 17.1 Å². The molecule has 0 unspecified atom stereocenters. The Morgan fingerprint density at radius 3 is 2.65 bits per heavy atom. The third kappa shape index (κ3) is 4.14. The van der Waals surface area contributed by atoms with Crippen molar-refractivity contribution >= 4 is 44.4 Å². The summed E-state index contributed by atoms with van der Waals surface area (Å²) >= 11 is 4.67. The molecule has 132 valence electrons. The van der Waals surface area contributed by atoms with Gasteiger partial charge in [0.05, 0.1) is 16.7 Å². The normalized spacial score (nSPS) is 10.8. The molecule has 4 nitrogen and oxygen atoms in total. The minimum Gasteiger partial charge on any atom is -0.293 e. The molecule has 0 N–H and O–H groups in total. The van der Waals surface area contributed by atoms with Crippen LogP contribution in [0.1, 0.15) is 17.3 Å². The summed E-state index contributed by atoms with van der Waals surface area (Å²) in [5.74, 6) is 0.219. The van der Waals surface area contributed by atoms with Gasteiger partial charge < -0.3 is 0 Å². The first-order chi connectivity index (χ1) is 12.5. The van der Waals surface area contributed by atoms with Crippen molar-refractivity contribution in [2.45, 2.75) is 18.6 Å². The van der Waals surface area contributed by atoms with E-state index in [1.807, 2.05) is 31.2 Å². The van der Waals surface area contributed by atoms with Crippen molar-refractivity contribution in [3.63, 3.8) is 0 Å². The number of fused-ring (bicyclic) bond motifs is 1. The molecule has 0 atom stereocenters. The second kappa shape index (κ2) is 8.01. The van der Waals surface area contributed by atoms with Crippen molar-refractivity contribution < 1.29 is 4.79 Å². The second-order valence-electron chi connectivity index (χ2n) is 5.98. The van der Waals surface area contributed by atoms with Gasteiger partial charge in [0.15, 0.2) is 10.9 Å². The predicted octanol–water partition coefficient (Wildman–Crippen LogP) is 4.71. The molecule has 1 heterocycles. The summed E-state index contributed by atoms with van der Waals surface area (Å²) < 4.78 is 2.41. The van der Waals surface area contributed by atoms with Crippen LogP contribution >= 0.6 is 27.7 Å². The summed E-state index contributed by atoms with van der Waals surface area (Å²) in [6.45, 7) is 6.13. The predicted molar refractivity (Wildman–Crippen MR) is 110 cm³/mol. The standard InChI is InChI=1S/C20H17BrN2O2S/c1-13(2)11-23-19(25)16-10-15(21)8-9-17(16)22-20(23)26-12-18(24)14-6-4-3-5-7-14/h3-10H,1,11-12H2,2H3. The van der Waals surface area contributed by atoms with Gasteiger partial charge in [-0.05, 0) is 25.1 Å². The number of hydrogen-bond acceptors (Lipinski definition) is 4. The molecule has 0 aliphatic rings. The fraction of sp³-hybridized carbons (Fsp3) is 0.150. The van der Waals surface area contributed by atoms with Gasteiger partial charge in [-0.2, -0.15) is 0 Å². The van der Waals surface area contributed by atoms with E-state index in [1.165, 1.54) is 11.8 Å². The Kier molecular flexibility index (Phi) is 5.74. The monoisotopic (exact) mass is 428 g/mol. The van der Waals surface area contributed by atoms with Crippen molar-refractivity contribution in [1.29, 1.82) is 0 Å². The summed E-state index contributed by atoms with van der Waals surface area (Å²) in [7, 11) is 0. The number of carbonyl (C=O) groups excluding carboxylic acids is 1. The summed E-state index contributed by atoms with van der Waals surface area (Å²) in [5, 5.41) is 1.07. The number of hydrogen-bond donors (Lipinski definition) is 0. The molecule has 0 radical (unpaired) electrons. The number of allylic oxidation sites excluding steroid dienone is 1. The topological polar surface area (TPSA) is 52.0 Å². The highest BCUT2D eigenvalue weighted by atomic mass is 79.9. The van der Waals surface area contributed by atoms with Gasteiger partial charge in [-0.3, -0.25) is 14.2 Å². The van der Waals surface area contributed by atoms with Gasteiger partial charge in [-0.1, -0.05) is 70.2 Å². The SMILES string of the molecule is C=C(C)Cn1c(SCC(=O)c2ccccc2)nc2ccc(Br)cc2c1=O. The average Bonchev–Trinajstić information content (AvgIpc) is 2.63. The number of benzene rings is 2. The Morgan fingerprint density at radius 1 is 1.23 bits per heavy atom. The van der Waals surface area contributed by atoms with Crippen molar-refractivity contribution in [1.82, 2.24) is 9.55 Å². The molecule has 0 saturated carbocycles. The maximum atomic E-state index is 12.9. The molecule has 0 amide bonds. The summed E-state index contributed by atoms with van der Waals surface area (Å²) in [4.78, 5) is 29.9. The van der Waals surface area contributed by atoms with Crippen LogP contribution < -0.4 is 5.56 Å². The third-order valence-corrected chi connectivity index (χ3v) is 5.21. The first kappa shape index (κ1) is 18.6. The lowest BCUT2D eigenvalue weighted by molar-refractivity contribution is 0.102. The average molecular weight is 429 g/mol. The zero-order chi connectivity index (χ0) is 18.7. The minimum absolute atomic E-state index is 0.00243. The molecular formula is C20H17BrN2O2S. The number of Topliss-reactive ketones (excluding diaryl/α,β-unsaturated/α-hetero) is 1. The largest absolute Gasteiger partial charge is 0.293 e. The molecular weight excluding hydrogens is 412 g/mol. The van der Waals surface area contributed by atoms with Gasteiger partial charge in [-0.25, -0.2) is 4.98 Å². The van der Waals surface area contributed by atoms with E-state index in [9.17, 15) is 9.59 Å². The van der Waals surface area contributed by atoms with Gasteiger partial charge in [0.1, 0.15) is 0 Å². The van der Waals surface area contributed by atoms with Gasteiger partial charge in [-0.15, -0.1) is 0 Å². The van der Waals surface area contributed by atoms with Crippen LogP contribution in [0, 0.1) is 0 Å². The molecule has 0 aliphatic heterocycles. The quantitative estimate of drug-likeness (QED) is 0.247. The Hall–Kier alpha value is -2.18. The van der Waals surface area contributed by atoms with Crippen LogP contribution in [-0.4, -0.2) is 21.1 Å². The number of carbonyl (C=O) groups is 1. The van der Waals surface area contributed by atoms with Crippen molar-refractivity contribution in [2.75, 3.05) is 5.75 Å². The lowest BCUT2D eigenvalue weighted by atomic mass is 10.2. The molecule has 1 aromatic heterocycles. The first-order valence-corrected chi connectivity index (χ1v) is 9.79. The molecule has 2 aromatic carbocycles. The number of rotatable bonds is 6. The number of halogens is 1. The lowest BCUT2D eigenvalue weighted by Crippen LogP contribution is -2.24. The molecule has 6 heteroatoms. The molecule has 0 saturated heterocycles. The molecule has 26 heavy (non-hydrogen) atoms. The van der Waals surface area contributed by atoms with Crippen LogP contribution in [0.3, 0.4) is 0 Å². The van der Waals surface area contributed by atoms with Gasteiger partial charge in [0.2, 0.25) is 0 Å². The summed E-state index contributed by atoms with van der Waals surface area (Å²) in [5.41, 5.74) is 1.98. The summed E-state index contributed by atoms with van der Waals surface area (Å²) in [6, 6.07) is 14.5. The van der Waals surface area contributed by atoms with E-state index in [0.29, 0.717) is 28.2 Å². The number of ketones is 1. The van der Waals surface area contributed by atoms with Crippen LogP contribution in [0.25, 0.3) is 10.9 Å². The van der Waals surface area contributed by atoms with E-state index >= 15 is 0 Å². The minimum atomic E-state index is -0.131. The first-order valence-electron chi connectivity index (χ1n) is 8.01. The molecule has 3 aromatic rings. The van der Waals surface area contributed by atoms with Crippen molar-refractivity contribution in [3.8, 4) is 0 Å². The fourth-order valence-corrected chi connectivity index (χ4v) is 3.78. The Labute approximate surface area is 164 Å². The second-order valence-corrected chi connectivity index (χ2v) is 7.84. The lowest BCUT2D eigenvalue weighted by Gasteiger charge is -2.13. The van der Waals surface area contributed by atoms with E-state index in [0.717, 1.165) is 10.0 Å². The number of nitrogens with zero attached hydrogens (tertiary/aromatic N) is 2. The Morgan fingerprint density at radius 2 is 1.96 bits per heavy atom. The van der Waals surface area contributed by atoms with Gasteiger partial charge in [0, 0.05) is 16.6 Å². The van der Waals surface area contributed by atoms with E-state index in [2.05, 4.69) is 27.5 Å². The highest BCUT2D eigenvalue weighted by Crippen LogP contribution is 2.22. The van der Waals surface area contributed by atoms with Crippen LogP contribution in [0.4, 0.5) is 0 Å². The molecule has 0 fully saturated rings. The Bertz CT molecular complexity index is 1040. The Balaban J connectivity index is 1.98. The fourth-order valence-electron chi connectivity index (χ4n) is 2.53. The van der Waals surface area contributed by atoms with Gasteiger partial charge >= 0.3 is 0 Å². The smallest absolute Gasteiger partial charge is 0.262 e. The van der Waals surface area contributed by atoms with Crippen LogP contribution in [-0.2, 0) is 6.54 Å². The zero-order valence-electron chi connectivity index (χ0n) is 14.2. The van der Waals surface area contributed by atoms with Crippen molar-refractivity contribution in [2.24, 2.45) is 0 Å². The van der Waals surface area contributed by atoms with Gasteiger partial charge in [0.25, 0.3) is 5.56 Å². The maximum absolute atomic E-state index is 12.9. The third-order valence-electron chi connectivity index (χ3n) is 3.74. The van der Waals surface area contributed by atoms with Crippen molar-refractivity contribution in [3.05, 3.63) is 81.1 Å². The highest BCUT2D eigenvalue weighted by molar-refractivity contribution is 9.10. The van der Waals surface area contributed by atoms with Crippen LogP contribution in [0.5, 0.6) is 0 Å².